The first-order valence-electron chi connectivity index (χ1n) is 4.65. The highest BCUT2D eigenvalue weighted by Crippen LogP contribution is 2.36. The first-order chi connectivity index (χ1) is 6.50. The van der Waals surface area contributed by atoms with Gasteiger partial charge >= 0.3 is 5.97 Å². The summed E-state index contributed by atoms with van der Waals surface area (Å²) in [6.07, 6.45) is -0.0257. The minimum Gasteiger partial charge on any atom is -0.481 e. The minimum absolute atomic E-state index is 0. The first-order valence-corrected chi connectivity index (χ1v) is 6.36. The molecule has 0 bridgehead atoms. The monoisotopic (exact) mass is 255 g/mol. The Balaban J connectivity index is 0.00000112. The van der Waals surface area contributed by atoms with E-state index in [-0.39, 0.29) is 41.7 Å². The summed E-state index contributed by atoms with van der Waals surface area (Å²) in [6.45, 7) is 1.13. The number of carboxylic acid groups (broad SMARTS) is 1. The molecule has 0 aromatic rings. The van der Waals surface area contributed by atoms with Crippen LogP contribution < -0.4 is 5.32 Å². The van der Waals surface area contributed by atoms with E-state index in [0.717, 1.165) is 0 Å². The van der Waals surface area contributed by atoms with Gasteiger partial charge in [0.15, 0.2) is 9.84 Å². The summed E-state index contributed by atoms with van der Waals surface area (Å²) in [5.41, 5.74) is 0. The molecule has 0 radical (unpaired) electrons. The van der Waals surface area contributed by atoms with Gasteiger partial charge in [0, 0.05) is 13.0 Å². The van der Waals surface area contributed by atoms with Gasteiger partial charge in [-0.2, -0.15) is 0 Å². The Bertz CT molecular complexity index is 356. The van der Waals surface area contributed by atoms with E-state index in [4.69, 9.17) is 5.11 Å². The summed E-state index contributed by atoms with van der Waals surface area (Å²) in [5.74, 6) is -1.04. The van der Waals surface area contributed by atoms with E-state index < -0.39 is 15.8 Å². The highest BCUT2D eigenvalue weighted by Gasteiger charge is 2.49. The quantitative estimate of drug-likeness (QED) is 0.696. The Labute approximate surface area is 94.6 Å². The lowest BCUT2D eigenvalue weighted by Crippen LogP contribution is -2.22. The molecule has 0 aromatic carbocycles. The van der Waals surface area contributed by atoms with Crippen molar-refractivity contribution in [2.24, 2.45) is 11.8 Å². The SMILES string of the molecule is Cl.O=C(O)CC1CS(=O)(=O)C2CNCC12. The molecule has 88 valence electrons. The maximum Gasteiger partial charge on any atom is 0.303 e. The largest absolute Gasteiger partial charge is 0.481 e. The summed E-state index contributed by atoms with van der Waals surface area (Å²) in [6, 6.07) is 0. The molecule has 0 spiro atoms. The molecule has 3 atom stereocenters. The van der Waals surface area contributed by atoms with E-state index in [9.17, 15) is 13.2 Å². The molecule has 5 nitrogen and oxygen atoms in total. The molecule has 2 aliphatic rings. The van der Waals surface area contributed by atoms with E-state index >= 15 is 0 Å². The van der Waals surface area contributed by atoms with Crippen molar-refractivity contribution in [1.82, 2.24) is 5.32 Å². The van der Waals surface area contributed by atoms with Gasteiger partial charge in [-0.05, 0) is 18.4 Å². The fraction of sp³-hybridized carbons (Fsp3) is 0.875. The van der Waals surface area contributed by atoms with E-state index in [0.29, 0.717) is 13.1 Å². The molecule has 0 aromatic heterocycles. The van der Waals surface area contributed by atoms with Crippen molar-refractivity contribution in [2.75, 3.05) is 18.8 Å². The summed E-state index contributed by atoms with van der Waals surface area (Å²) >= 11 is 0. The molecule has 0 saturated carbocycles. The maximum absolute atomic E-state index is 11.6. The lowest BCUT2D eigenvalue weighted by atomic mass is 9.91. The van der Waals surface area contributed by atoms with Crippen molar-refractivity contribution >= 4 is 28.2 Å². The van der Waals surface area contributed by atoms with Crippen molar-refractivity contribution in [3.63, 3.8) is 0 Å². The zero-order valence-electron chi connectivity index (χ0n) is 8.05. The van der Waals surface area contributed by atoms with Gasteiger partial charge in [-0.25, -0.2) is 8.42 Å². The van der Waals surface area contributed by atoms with Gasteiger partial charge in [0.2, 0.25) is 0 Å². The highest BCUT2D eigenvalue weighted by molar-refractivity contribution is 7.92. The lowest BCUT2D eigenvalue weighted by Gasteiger charge is -2.12. The highest BCUT2D eigenvalue weighted by atomic mass is 35.5. The van der Waals surface area contributed by atoms with Crippen LogP contribution >= 0.6 is 12.4 Å². The Morgan fingerprint density at radius 1 is 1.40 bits per heavy atom. The third kappa shape index (κ3) is 2.26. The number of carbonyl (C=O) groups is 1. The number of fused-ring (bicyclic) bond motifs is 1. The maximum atomic E-state index is 11.6. The first kappa shape index (κ1) is 12.7. The van der Waals surface area contributed by atoms with Crippen LogP contribution in [0.1, 0.15) is 6.42 Å². The van der Waals surface area contributed by atoms with Gasteiger partial charge in [0.25, 0.3) is 0 Å². The molecule has 3 unspecified atom stereocenters. The zero-order chi connectivity index (χ0) is 10.3. The third-order valence-corrected chi connectivity index (χ3v) is 5.48. The number of rotatable bonds is 2. The van der Waals surface area contributed by atoms with Crippen molar-refractivity contribution in [2.45, 2.75) is 11.7 Å². The van der Waals surface area contributed by atoms with Crippen LogP contribution in [0.4, 0.5) is 0 Å². The third-order valence-electron chi connectivity index (χ3n) is 3.15. The number of halogens is 1. The van der Waals surface area contributed by atoms with Crippen LogP contribution in [0.25, 0.3) is 0 Å². The van der Waals surface area contributed by atoms with E-state index in [1.807, 2.05) is 0 Å². The topological polar surface area (TPSA) is 83.5 Å². The van der Waals surface area contributed by atoms with Crippen LogP contribution in [-0.4, -0.2) is 43.6 Å². The molecular weight excluding hydrogens is 242 g/mol. The van der Waals surface area contributed by atoms with Gasteiger partial charge in [-0.1, -0.05) is 0 Å². The van der Waals surface area contributed by atoms with Crippen molar-refractivity contribution < 1.29 is 18.3 Å². The molecule has 2 rings (SSSR count). The Hall–Kier alpha value is -0.330. The fourth-order valence-electron chi connectivity index (χ4n) is 2.52. The van der Waals surface area contributed by atoms with Gasteiger partial charge in [-0.15, -0.1) is 12.4 Å². The number of hydrogen-bond donors (Lipinski definition) is 2. The molecule has 2 N–H and O–H groups in total. The number of hydrogen-bond acceptors (Lipinski definition) is 4. The van der Waals surface area contributed by atoms with Crippen LogP contribution in [0.15, 0.2) is 0 Å². The fourth-order valence-corrected chi connectivity index (χ4v) is 4.95. The standard InChI is InChI=1S/C8H13NO4S.ClH/c10-8(11)1-5-4-14(12,13)7-3-9-2-6(5)7;/h5-7,9H,1-4H2,(H,10,11);1H. The second-order valence-corrected chi connectivity index (χ2v) is 6.31. The Morgan fingerprint density at radius 2 is 2.07 bits per heavy atom. The van der Waals surface area contributed by atoms with Gasteiger partial charge in [-0.3, -0.25) is 4.79 Å². The van der Waals surface area contributed by atoms with E-state index in [1.54, 1.807) is 0 Å². The second-order valence-electron chi connectivity index (χ2n) is 4.05. The molecule has 7 heteroatoms. The minimum atomic E-state index is -3.04. The second kappa shape index (κ2) is 4.27. The Morgan fingerprint density at radius 3 is 2.67 bits per heavy atom. The molecule has 2 heterocycles. The van der Waals surface area contributed by atoms with Crippen LogP contribution in [0, 0.1) is 11.8 Å². The summed E-state index contributed by atoms with van der Waals surface area (Å²) < 4.78 is 23.2. The van der Waals surface area contributed by atoms with Crippen molar-refractivity contribution in [3.8, 4) is 0 Å². The van der Waals surface area contributed by atoms with Crippen LogP contribution in [-0.2, 0) is 14.6 Å². The number of sulfone groups is 1. The number of aliphatic carboxylic acids is 1. The normalized spacial score (nSPS) is 36.9. The average molecular weight is 256 g/mol. The molecule has 2 fully saturated rings. The summed E-state index contributed by atoms with van der Waals surface area (Å²) in [7, 11) is -3.04. The average Bonchev–Trinajstić information content (AvgIpc) is 2.55. The summed E-state index contributed by atoms with van der Waals surface area (Å²) in [4.78, 5) is 10.5. The Kier molecular flexibility index (Phi) is 3.63. The van der Waals surface area contributed by atoms with Crippen LogP contribution in [0.5, 0.6) is 0 Å². The van der Waals surface area contributed by atoms with Crippen molar-refractivity contribution in [1.29, 1.82) is 0 Å². The van der Waals surface area contributed by atoms with Gasteiger partial charge < -0.3 is 10.4 Å². The smallest absolute Gasteiger partial charge is 0.303 e. The molecular formula is C8H14ClNO4S. The zero-order valence-corrected chi connectivity index (χ0v) is 9.68. The van der Waals surface area contributed by atoms with Gasteiger partial charge in [0.05, 0.1) is 11.0 Å². The molecule has 2 saturated heterocycles. The van der Waals surface area contributed by atoms with Gasteiger partial charge in [0.1, 0.15) is 0 Å². The molecule has 2 aliphatic heterocycles. The van der Waals surface area contributed by atoms with Crippen LogP contribution in [0.3, 0.4) is 0 Å². The number of carboxylic acids is 1. The van der Waals surface area contributed by atoms with Crippen LogP contribution in [0.2, 0.25) is 0 Å². The van der Waals surface area contributed by atoms with E-state index in [2.05, 4.69) is 5.32 Å². The van der Waals surface area contributed by atoms with E-state index in [1.165, 1.54) is 0 Å². The molecule has 15 heavy (non-hydrogen) atoms. The molecule has 0 amide bonds. The van der Waals surface area contributed by atoms with Crippen molar-refractivity contribution in [3.05, 3.63) is 0 Å². The molecule has 0 aliphatic carbocycles. The lowest BCUT2D eigenvalue weighted by molar-refractivity contribution is -0.138. The number of nitrogens with one attached hydrogen (secondary N) is 1. The predicted octanol–water partition coefficient (Wildman–Crippen LogP) is -0.484. The predicted molar refractivity (Wildman–Crippen MR) is 56.9 cm³/mol. The summed E-state index contributed by atoms with van der Waals surface area (Å²) in [5, 5.41) is 11.3.